The number of nitrogens with one attached hydrogen (secondary N) is 1. The smallest absolute Gasteiger partial charge is 0.322 e. The van der Waals surface area contributed by atoms with Crippen molar-refractivity contribution < 1.29 is 9.84 Å². The van der Waals surface area contributed by atoms with Crippen LogP contribution in [0, 0.1) is 5.92 Å². The van der Waals surface area contributed by atoms with Crippen LogP contribution < -0.4 is 16.0 Å². The quantitative estimate of drug-likeness (QED) is 0.378. The lowest BCUT2D eigenvalue weighted by molar-refractivity contribution is 0.219. The summed E-state index contributed by atoms with van der Waals surface area (Å²) in [6.07, 6.45) is -0.0211. The van der Waals surface area contributed by atoms with Crippen molar-refractivity contribution in [2.45, 2.75) is 32.0 Å². The predicted molar refractivity (Wildman–Crippen MR) is 70.4 cm³/mol. The van der Waals surface area contributed by atoms with E-state index in [9.17, 15) is 0 Å². The molecule has 0 aromatic carbocycles. The van der Waals surface area contributed by atoms with Crippen molar-refractivity contribution in [1.29, 1.82) is 0 Å². The minimum Gasteiger partial charge on any atom is -0.461 e. The highest BCUT2D eigenvalue weighted by molar-refractivity contribution is 7.99. The van der Waals surface area contributed by atoms with E-state index in [1.54, 1.807) is 0 Å². The van der Waals surface area contributed by atoms with E-state index in [4.69, 9.17) is 15.7 Å². The van der Waals surface area contributed by atoms with E-state index < -0.39 is 0 Å². The molecule has 0 aliphatic rings. The molecule has 102 valence electrons. The van der Waals surface area contributed by atoms with Gasteiger partial charge in [0.1, 0.15) is 0 Å². The highest BCUT2D eigenvalue weighted by Gasteiger charge is 2.10. The van der Waals surface area contributed by atoms with Crippen LogP contribution in [-0.2, 0) is 0 Å². The average Bonchev–Trinajstić information content (AvgIpc) is 2.34. The van der Waals surface area contributed by atoms with Gasteiger partial charge in [-0.3, -0.25) is 5.43 Å². The first kappa shape index (κ1) is 14.9. The summed E-state index contributed by atoms with van der Waals surface area (Å²) < 4.78 is 5.41. The Kier molecular flexibility index (Phi) is 6.10. The fraction of sp³-hybridized carbons (Fsp3) is 0.700. The molecule has 0 radical (unpaired) electrons. The highest BCUT2D eigenvalue weighted by atomic mass is 32.2. The van der Waals surface area contributed by atoms with Gasteiger partial charge in [-0.2, -0.15) is 15.0 Å². The summed E-state index contributed by atoms with van der Waals surface area (Å²) in [5, 5.41) is 9.49. The molecular weight excluding hydrogens is 254 g/mol. The van der Waals surface area contributed by atoms with E-state index in [1.165, 1.54) is 11.8 Å². The number of thioether (sulfide) groups is 1. The van der Waals surface area contributed by atoms with Gasteiger partial charge in [0, 0.05) is 12.4 Å². The Bertz CT molecular complexity index is 377. The topological polar surface area (TPSA) is 106 Å². The van der Waals surface area contributed by atoms with Gasteiger partial charge in [-0.1, -0.05) is 18.7 Å². The summed E-state index contributed by atoms with van der Waals surface area (Å²) >= 11 is 1.43. The van der Waals surface area contributed by atoms with Crippen LogP contribution in [-0.4, -0.2) is 38.5 Å². The van der Waals surface area contributed by atoms with Crippen LogP contribution in [0.2, 0.25) is 0 Å². The summed E-state index contributed by atoms with van der Waals surface area (Å²) in [6, 6.07) is 0.243. The van der Waals surface area contributed by atoms with Gasteiger partial charge in [-0.15, -0.1) is 0 Å². The maximum atomic E-state index is 8.96. The van der Waals surface area contributed by atoms with Gasteiger partial charge in [0.05, 0.1) is 6.10 Å². The third-order valence-electron chi connectivity index (χ3n) is 1.87. The van der Waals surface area contributed by atoms with E-state index in [2.05, 4.69) is 20.4 Å². The predicted octanol–water partition coefficient (Wildman–Crippen LogP) is 0.665. The molecule has 0 fully saturated rings. The van der Waals surface area contributed by atoms with E-state index >= 15 is 0 Å². The zero-order valence-electron chi connectivity index (χ0n) is 10.8. The van der Waals surface area contributed by atoms with Crippen LogP contribution in [0.1, 0.15) is 20.8 Å². The number of hydrazine groups is 1. The number of rotatable bonds is 7. The molecule has 1 unspecified atom stereocenters. The third-order valence-corrected chi connectivity index (χ3v) is 3.05. The molecule has 4 N–H and O–H groups in total. The van der Waals surface area contributed by atoms with Crippen molar-refractivity contribution >= 4 is 17.7 Å². The summed E-state index contributed by atoms with van der Waals surface area (Å²) in [4.78, 5) is 12.3. The number of aromatic nitrogens is 3. The van der Waals surface area contributed by atoms with Crippen LogP contribution in [0.4, 0.5) is 5.95 Å². The molecule has 0 aliphatic heterocycles. The second kappa shape index (κ2) is 7.34. The fourth-order valence-electron chi connectivity index (χ4n) is 1.00. The number of nitrogen functional groups attached to an aromatic ring is 1. The Morgan fingerprint density at radius 1 is 1.33 bits per heavy atom. The molecule has 1 heterocycles. The SMILES string of the molecule is CC(CO)CSc1nc(NN)nc(OC(C)C)n1. The molecule has 18 heavy (non-hydrogen) atoms. The van der Waals surface area contributed by atoms with Crippen LogP contribution in [0.25, 0.3) is 0 Å². The van der Waals surface area contributed by atoms with Gasteiger partial charge < -0.3 is 9.84 Å². The molecule has 0 saturated carbocycles. The first-order chi connectivity index (χ1) is 8.55. The van der Waals surface area contributed by atoms with Gasteiger partial charge in [0.15, 0.2) is 5.16 Å². The zero-order valence-corrected chi connectivity index (χ0v) is 11.6. The first-order valence-electron chi connectivity index (χ1n) is 5.68. The monoisotopic (exact) mass is 273 g/mol. The number of aliphatic hydroxyl groups excluding tert-OH is 1. The normalized spacial score (nSPS) is 12.6. The lowest BCUT2D eigenvalue weighted by Crippen LogP contribution is -2.15. The molecular formula is C10H19N5O2S. The number of nitrogens with zero attached hydrogens (tertiary/aromatic N) is 3. The van der Waals surface area contributed by atoms with Crippen molar-refractivity contribution in [2.75, 3.05) is 17.8 Å². The van der Waals surface area contributed by atoms with Crippen LogP contribution in [0.5, 0.6) is 6.01 Å². The van der Waals surface area contributed by atoms with Gasteiger partial charge in [-0.05, 0) is 19.8 Å². The number of hydrogen-bond acceptors (Lipinski definition) is 8. The summed E-state index contributed by atoms with van der Waals surface area (Å²) in [7, 11) is 0. The van der Waals surface area contributed by atoms with Gasteiger partial charge in [0.25, 0.3) is 0 Å². The number of hydrogen-bond donors (Lipinski definition) is 3. The largest absolute Gasteiger partial charge is 0.461 e. The van der Waals surface area contributed by atoms with E-state index in [-0.39, 0.29) is 30.6 Å². The van der Waals surface area contributed by atoms with Crippen LogP contribution in [0.15, 0.2) is 5.16 Å². The molecule has 1 rings (SSSR count). The summed E-state index contributed by atoms with van der Waals surface area (Å²) in [6.45, 7) is 5.86. The molecule has 1 atom stereocenters. The second-order valence-electron chi connectivity index (χ2n) is 4.13. The average molecular weight is 273 g/mol. The van der Waals surface area contributed by atoms with Crippen LogP contribution in [0.3, 0.4) is 0 Å². The molecule has 0 bridgehead atoms. The highest BCUT2D eigenvalue weighted by Crippen LogP contribution is 2.20. The standard InChI is InChI=1S/C10H19N5O2S/c1-6(2)17-9-12-8(15-11)13-10(14-9)18-5-7(3)4-16/h6-7,16H,4-5,11H2,1-3H3,(H,12,13,14,15). The van der Waals surface area contributed by atoms with Gasteiger partial charge >= 0.3 is 6.01 Å². The Hall–Kier alpha value is -1.12. The molecule has 0 aliphatic carbocycles. The molecule has 1 aromatic heterocycles. The molecule has 7 nitrogen and oxygen atoms in total. The van der Waals surface area contributed by atoms with Crippen molar-refractivity contribution in [1.82, 2.24) is 15.0 Å². The molecule has 0 amide bonds. The number of anilines is 1. The fourth-order valence-corrected chi connectivity index (χ4v) is 1.83. The van der Waals surface area contributed by atoms with Gasteiger partial charge in [-0.25, -0.2) is 5.84 Å². The minimum atomic E-state index is -0.0211. The van der Waals surface area contributed by atoms with Crippen molar-refractivity contribution in [2.24, 2.45) is 11.8 Å². The van der Waals surface area contributed by atoms with E-state index in [1.807, 2.05) is 20.8 Å². The maximum Gasteiger partial charge on any atom is 0.322 e. The maximum absolute atomic E-state index is 8.96. The second-order valence-corrected chi connectivity index (χ2v) is 5.12. The van der Waals surface area contributed by atoms with E-state index in [0.29, 0.717) is 10.9 Å². The molecule has 0 saturated heterocycles. The number of ether oxygens (including phenoxy) is 1. The third kappa shape index (κ3) is 5.03. The van der Waals surface area contributed by atoms with E-state index in [0.717, 1.165) is 0 Å². The number of aliphatic hydroxyl groups is 1. The first-order valence-corrected chi connectivity index (χ1v) is 6.66. The van der Waals surface area contributed by atoms with Crippen molar-refractivity contribution in [3.05, 3.63) is 0 Å². The minimum absolute atomic E-state index is 0.0211. The zero-order chi connectivity index (χ0) is 13.5. The Morgan fingerprint density at radius 3 is 2.61 bits per heavy atom. The lowest BCUT2D eigenvalue weighted by atomic mass is 10.2. The summed E-state index contributed by atoms with van der Waals surface area (Å²) in [5.41, 5.74) is 2.38. The molecule has 0 spiro atoms. The van der Waals surface area contributed by atoms with Crippen molar-refractivity contribution in [3.63, 3.8) is 0 Å². The van der Waals surface area contributed by atoms with Gasteiger partial charge in [0.2, 0.25) is 5.95 Å². The van der Waals surface area contributed by atoms with Crippen molar-refractivity contribution in [3.8, 4) is 6.01 Å². The Morgan fingerprint density at radius 2 is 2.06 bits per heavy atom. The summed E-state index contributed by atoms with van der Waals surface area (Å²) in [5.74, 6) is 6.45. The Labute approximate surface area is 111 Å². The molecule has 1 aromatic rings. The molecule has 8 heteroatoms. The number of nitrogens with two attached hydrogens (primary N) is 1. The Balaban J connectivity index is 2.76. The lowest BCUT2D eigenvalue weighted by Gasteiger charge is -2.10. The van der Waals surface area contributed by atoms with Crippen LogP contribution >= 0.6 is 11.8 Å².